The number of halogens is 2. The van der Waals surface area contributed by atoms with E-state index >= 15 is 0 Å². The number of hydrogen-bond donors (Lipinski definition) is 0. The van der Waals surface area contributed by atoms with Crippen molar-refractivity contribution in [1.82, 2.24) is 4.98 Å². The number of aryl methyl sites for hydroxylation is 1. The van der Waals surface area contributed by atoms with Gasteiger partial charge in [0.15, 0.2) is 11.6 Å². The maximum atomic E-state index is 13.4. The predicted molar refractivity (Wildman–Crippen MR) is 60.1 cm³/mol. The van der Waals surface area contributed by atoms with Gasteiger partial charge in [0.05, 0.1) is 0 Å². The van der Waals surface area contributed by atoms with Crippen molar-refractivity contribution in [2.75, 3.05) is 0 Å². The van der Waals surface area contributed by atoms with Crippen LogP contribution in [0.1, 0.15) is 11.1 Å². The third kappa shape index (κ3) is 2.28. The quantitative estimate of drug-likeness (QED) is 0.816. The van der Waals surface area contributed by atoms with Crippen LogP contribution >= 0.6 is 0 Å². The molecule has 90 valence electrons. The normalized spacial score (nSPS) is 9.89. The van der Waals surface area contributed by atoms with E-state index in [0.717, 1.165) is 18.2 Å². The van der Waals surface area contributed by atoms with Crippen molar-refractivity contribution in [3.63, 3.8) is 0 Å². The van der Waals surface area contributed by atoms with Gasteiger partial charge in [-0.1, -0.05) is 0 Å². The standard InChI is InChI=1S/C13H8F2N2O/c1-8-4-5-17-13(10(8)7-16)18-12-6-9(14)2-3-11(12)15/h2-6H,1H3. The van der Waals surface area contributed by atoms with Crippen LogP contribution in [0.5, 0.6) is 11.6 Å². The van der Waals surface area contributed by atoms with E-state index in [0.29, 0.717) is 5.56 Å². The molecule has 0 fully saturated rings. The van der Waals surface area contributed by atoms with Crippen molar-refractivity contribution in [2.45, 2.75) is 6.92 Å². The van der Waals surface area contributed by atoms with E-state index in [2.05, 4.69) is 4.98 Å². The summed E-state index contributed by atoms with van der Waals surface area (Å²) in [7, 11) is 0. The van der Waals surface area contributed by atoms with Gasteiger partial charge in [0.1, 0.15) is 17.4 Å². The average Bonchev–Trinajstić information content (AvgIpc) is 2.34. The van der Waals surface area contributed by atoms with Crippen molar-refractivity contribution < 1.29 is 13.5 Å². The van der Waals surface area contributed by atoms with Gasteiger partial charge in [0.2, 0.25) is 5.88 Å². The highest BCUT2D eigenvalue weighted by atomic mass is 19.1. The molecule has 0 saturated heterocycles. The first kappa shape index (κ1) is 12.0. The first-order valence-corrected chi connectivity index (χ1v) is 5.10. The lowest BCUT2D eigenvalue weighted by Crippen LogP contribution is -1.96. The molecule has 0 radical (unpaired) electrons. The summed E-state index contributed by atoms with van der Waals surface area (Å²) in [6, 6.07) is 6.38. The summed E-state index contributed by atoms with van der Waals surface area (Å²) in [5.74, 6) is -1.69. The van der Waals surface area contributed by atoms with E-state index < -0.39 is 11.6 Å². The molecule has 2 aromatic rings. The van der Waals surface area contributed by atoms with E-state index in [9.17, 15) is 8.78 Å². The Morgan fingerprint density at radius 3 is 2.78 bits per heavy atom. The zero-order valence-electron chi connectivity index (χ0n) is 9.45. The first-order valence-electron chi connectivity index (χ1n) is 5.10. The minimum atomic E-state index is -0.719. The fourth-order valence-corrected chi connectivity index (χ4v) is 1.41. The summed E-state index contributed by atoms with van der Waals surface area (Å²) in [4.78, 5) is 3.84. The Bertz CT molecular complexity index is 635. The van der Waals surface area contributed by atoms with E-state index in [1.165, 1.54) is 6.20 Å². The molecule has 18 heavy (non-hydrogen) atoms. The van der Waals surface area contributed by atoms with Crippen molar-refractivity contribution in [1.29, 1.82) is 5.26 Å². The van der Waals surface area contributed by atoms with Gasteiger partial charge < -0.3 is 4.74 Å². The van der Waals surface area contributed by atoms with Crippen LogP contribution in [-0.4, -0.2) is 4.98 Å². The van der Waals surface area contributed by atoms with Gasteiger partial charge in [-0.2, -0.15) is 5.26 Å². The van der Waals surface area contributed by atoms with Gasteiger partial charge in [0, 0.05) is 12.3 Å². The molecule has 0 aliphatic heterocycles. The molecule has 5 heteroatoms. The Balaban J connectivity index is 2.44. The Kier molecular flexibility index (Phi) is 3.20. The van der Waals surface area contributed by atoms with Crippen LogP contribution in [0.15, 0.2) is 30.5 Å². The summed E-state index contributed by atoms with van der Waals surface area (Å²) in [6.07, 6.45) is 1.43. The number of nitrogens with zero attached hydrogens (tertiary/aromatic N) is 2. The van der Waals surface area contributed by atoms with Crippen LogP contribution in [-0.2, 0) is 0 Å². The van der Waals surface area contributed by atoms with Crippen LogP contribution < -0.4 is 4.74 Å². The Morgan fingerprint density at radius 1 is 1.28 bits per heavy atom. The second-order valence-corrected chi connectivity index (χ2v) is 3.60. The third-order valence-electron chi connectivity index (χ3n) is 2.34. The molecule has 0 aliphatic carbocycles. The highest BCUT2D eigenvalue weighted by molar-refractivity contribution is 5.45. The van der Waals surface area contributed by atoms with Gasteiger partial charge in [-0.3, -0.25) is 0 Å². The molecule has 0 amide bonds. The number of hydrogen-bond acceptors (Lipinski definition) is 3. The maximum Gasteiger partial charge on any atom is 0.237 e. The summed E-state index contributed by atoms with van der Waals surface area (Å²) < 4.78 is 31.5. The largest absolute Gasteiger partial charge is 0.434 e. The Morgan fingerprint density at radius 2 is 2.06 bits per heavy atom. The molecular weight excluding hydrogens is 238 g/mol. The fourth-order valence-electron chi connectivity index (χ4n) is 1.41. The van der Waals surface area contributed by atoms with Crippen molar-refractivity contribution >= 4 is 0 Å². The average molecular weight is 246 g/mol. The maximum absolute atomic E-state index is 13.4. The van der Waals surface area contributed by atoms with Crippen LogP contribution in [0.3, 0.4) is 0 Å². The van der Waals surface area contributed by atoms with E-state index in [4.69, 9.17) is 10.00 Å². The number of aromatic nitrogens is 1. The van der Waals surface area contributed by atoms with Crippen LogP contribution in [0.25, 0.3) is 0 Å². The highest BCUT2D eigenvalue weighted by Gasteiger charge is 2.12. The number of ether oxygens (including phenoxy) is 1. The van der Waals surface area contributed by atoms with Gasteiger partial charge in [-0.15, -0.1) is 0 Å². The summed E-state index contributed by atoms with van der Waals surface area (Å²) in [5.41, 5.74) is 0.848. The molecule has 0 unspecified atom stereocenters. The van der Waals surface area contributed by atoms with Crippen molar-refractivity contribution in [3.8, 4) is 17.7 Å². The lowest BCUT2D eigenvalue weighted by molar-refractivity contribution is 0.421. The van der Waals surface area contributed by atoms with E-state index in [-0.39, 0.29) is 17.2 Å². The van der Waals surface area contributed by atoms with Crippen LogP contribution in [0.4, 0.5) is 8.78 Å². The van der Waals surface area contributed by atoms with Gasteiger partial charge in [-0.25, -0.2) is 13.8 Å². The molecule has 0 atom stereocenters. The molecular formula is C13H8F2N2O. The van der Waals surface area contributed by atoms with Crippen molar-refractivity contribution in [3.05, 3.63) is 53.2 Å². The van der Waals surface area contributed by atoms with Gasteiger partial charge >= 0.3 is 0 Å². The summed E-state index contributed by atoms with van der Waals surface area (Å²) in [6.45, 7) is 1.70. The monoisotopic (exact) mass is 246 g/mol. The summed E-state index contributed by atoms with van der Waals surface area (Å²) >= 11 is 0. The number of nitriles is 1. The molecule has 0 saturated carbocycles. The lowest BCUT2D eigenvalue weighted by Gasteiger charge is -2.08. The molecule has 2 rings (SSSR count). The Labute approximate surface area is 102 Å². The molecule has 0 bridgehead atoms. The van der Waals surface area contributed by atoms with Crippen LogP contribution in [0, 0.1) is 29.9 Å². The molecule has 1 aromatic carbocycles. The van der Waals surface area contributed by atoms with E-state index in [1.807, 2.05) is 6.07 Å². The molecule has 0 spiro atoms. The number of rotatable bonds is 2. The molecule has 0 N–H and O–H groups in total. The second-order valence-electron chi connectivity index (χ2n) is 3.60. The van der Waals surface area contributed by atoms with Crippen molar-refractivity contribution in [2.24, 2.45) is 0 Å². The first-order chi connectivity index (χ1) is 8.61. The minimum Gasteiger partial charge on any atom is -0.434 e. The molecule has 3 nitrogen and oxygen atoms in total. The summed E-state index contributed by atoms with van der Waals surface area (Å²) in [5, 5.41) is 8.96. The van der Waals surface area contributed by atoms with Gasteiger partial charge in [0.25, 0.3) is 0 Å². The van der Waals surface area contributed by atoms with Gasteiger partial charge in [-0.05, 0) is 30.7 Å². The predicted octanol–water partition coefficient (Wildman–Crippen LogP) is 3.33. The zero-order valence-corrected chi connectivity index (χ0v) is 9.45. The molecule has 1 aromatic heterocycles. The number of benzene rings is 1. The molecule has 0 aliphatic rings. The minimum absolute atomic E-state index is 0.0398. The third-order valence-corrected chi connectivity index (χ3v) is 2.34. The topological polar surface area (TPSA) is 45.9 Å². The van der Waals surface area contributed by atoms with Crippen LogP contribution in [0.2, 0.25) is 0 Å². The Hall–Kier alpha value is -2.48. The fraction of sp³-hybridized carbons (Fsp3) is 0.0769. The van der Waals surface area contributed by atoms with E-state index in [1.54, 1.807) is 13.0 Å². The second kappa shape index (κ2) is 4.80. The zero-order chi connectivity index (χ0) is 13.1. The molecule has 1 heterocycles. The SMILES string of the molecule is Cc1ccnc(Oc2cc(F)ccc2F)c1C#N. The smallest absolute Gasteiger partial charge is 0.237 e. The highest BCUT2D eigenvalue weighted by Crippen LogP contribution is 2.27. The lowest BCUT2D eigenvalue weighted by atomic mass is 10.2. The number of pyridine rings is 1.